The average Bonchev–Trinajstić information content (AvgIpc) is 2.82. The first-order valence-electron chi connectivity index (χ1n) is 10.1. The number of carbonyl (C=O) groups is 2. The first kappa shape index (κ1) is 24.4. The quantitative estimate of drug-likeness (QED) is 0.438. The number of hydrogen-bond acceptors (Lipinski definition) is 5. The smallest absolute Gasteiger partial charge is 0.414 e. The Kier molecular flexibility index (Phi) is 10.3. The summed E-state index contributed by atoms with van der Waals surface area (Å²) in [5.74, 6) is -2.08. The lowest BCUT2D eigenvalue weighted by Crippen LogP contribution is -2.10. The lowest BCUT2D eigenvalue weighted by Gasteiger charge is -2.15. The second-order valence-electron chi connectivity index (χ2n) is 6.79. The summed E-state index contributed by atoms with van der Waals surface area (Å²) in [6, 6.07) is 26.6. The summed E-state index contributed by atoms with van der Waals surface area (Å²) in [7, 11) is 1.96. The fourth-order valence-corrected chi connectivity index (χ4v) is 2.68. The minimum Gasteiger partial charge on any atom is -0.485 e. The third kappa shape index (κ3) is 8.89. The zero-order valence-electron chi connectivity index (χ0n) is 17.9. The Balaban J connectivity index is 0.000000534. The monoisotopic (exact) mass is 437 g/mol. The number of likely N-dealkylation sites (N-methyl/N-ethyl adjacent to an activating group) is 1. The molecule has 0 unspecified atom stereocenters. The maximum atomic E-state index is 9.10. The van der Waals surface area contributed by atoms with Gasteiger partial charge in [-0.15, -0.1) is 0 Å². The molecule has 3 N–H and O–H groups in total. The summed E-state index contributed by atoms with van der Waals surface area (Å²) in [6.07, 6.45) is 0.956. The van der Waals surface area contributed by atoms with Gasteiger partial charge in [-0.1, -0.05) is 66.7 Å². The number of carboxylic acids is 2. The summed E-state index contributed by atoms with van der Waals surface area (Å²) in [4.78, 5) is 18.2. The van der Waals surface area contributed by atoms with Crippen LogP contribution in [0.1, 0.15) is 16.7 Å². The molecule has 0 amide bonds. The van der Waals surface area contributed by atoms with E-state index in [2.05, 4.69) is 41.7 Å². The molecule has 0 saturated carbocycles. The Morgan fingerprint density at radius 1 is 0.719 bits per heavy atom. The van der Waals surface area contributed by atoms with E-state index >= 15 is 0 Å². The van der Waals surface area contributed by atoms with Crippen molar-refractivity contribution in [3.63, 3.8) is 0 Å². The Morgan fingerprint density at radius 3 is 1.69 bits per heavy atom. The van der Waals surface area contributed by atoms with Gasteiger partial charge < -0.3 is 25.0 Å². The largest absolute Gasteiger partial charge is 0.485 e. The van der Waals surface area contributed by atoms with Gasteiger partial charge in [-0.25, -0.2) is 9.59 Å². The van der Waals surface area contributed by atoms with Crippen LogP contribution in [0.5, 0.6) is 11.5 Å². The van der Waals surface area contributed by atoms with Gasteiger partial charge in [-0.2, -0.15) is 0 Å². The highest BCUT2D eigenvalue weighted by molar-refractivity contribution is 6.27. The molecular formula is C25H27NO6. The van der Waals surface area contributed by atoms with Crippen LogP contribution in [0.3, 0.4) is 0 Å². The van der Waals surface area contributed by atoms with Crippen LogP contribution in [-0.4, -0.2) is 35.7 Å². The molecule has 0 saturated heterocycles. The van der Waals surface area contributed by atoms with E-state index in [0.717, 1.165) is 35.6 Å². The van der Waals surface area contributed by atoms with Crippen LogP contribution in [0.4, 0.5) is 0 Å². The van der Waals surface area contributed by atoms with Crippen molar-refractivity contribution in [2.24, 2.45) is 0 Å². The molecule has 0 aliphatic rings. The van der Waals surface area contributed by atoms with E-state index in [-0.39, 0.29) is 0 Å². The standard InChI is InChI=1S/C23H25NO2.C2H2O4/c1-24-15-14-19-12-13-22(25-17-20-8-4-2-5-9-20)23(16-19)26-18-21-10-6-3-7-11-21;3-1(4)2(5)6/h2-13,16,24H,14-15,17-18H2,1H3;(H,3,4)(H,5,6). The molecule has 0 fully saturated rings. The fraction of sp³-hybridized carbons (Fsp3) is 0.200. The SMILES string of the molecule is CNCCc1ccc(OCc2ccccc2)c(OCc2ccccc2)c1.O=C(O)C(=O)O. The first-order valence-corrected chi connectivity index (χ1v) is 10.1. The van der Waals surface area contributed by atoms with Crippen LogP contribution < -0.4 is 14.8 Å². The maximum Gasteiger partial charge on any atom is 0.414 e. The molecule has 3 aromatic carbocycles. The Hall–Kier alpha value is -3.84. The van der Waals surface area contributed by atoms with Gasteiger partial charge in [0, 0.05) is 0 Å². The van der Waals surface area contributed by atoms with E-state index in [0.29, 0.717) is 13.2 Å². The molecule has 0 spiro atoms. The molecule has 3 rings (SSSR count). The van der Waals surface area contributed by atoms with Crippen LogP contribution in [0.25, 0.3) is 0 Å². The van der Waals surface area contributed by atoms with Gasteiger partial charge in [0.1, 0.15) is 13.2 Å². The van der Waals surface area contributed by atoms with E-state index in [4.69, 9.17) is 29.3 Å². The average molecular weight is 437 g/mol. The zero-order valence-corrected chi connectivity index (χ0v) is 17.9. The van der Waals surface area contributed by atoms with E-state index in [1.165, 1.54) is 5.56 Å². The molecule has 0 aromatic heterocycles. The molecule has 0 radical (unpaired) electrons. The lowest BCUT2D eigenvalue weighted by atomic mass is 10.1. The van der Waals surface area contributed by atoms with Gasteiger partial charge in [0.05, 0.1) is 0 Å². The summed E-state index contributed by atoms with van der Waals surface area (Å²) in [5, 5.41) is 18.0. The Labute approximate surface area is 187 Å². The second-order valence-corrected chi connectivity index (χ2v) is 6.79. The van der Waals surface area contributed by atoms with Crippen molar-refractivity contribution >= 4 is 11.9 Å². The van der Waals surface area contributed by atoms with Crippen molar-refractivity contribution in [1.29, 1.82) is 0 Å². The molecule has 7 nitrogen and oxygen atoms in total. The summed E-state index contributed by atoms with van der Waals surface area (Å²) in [5.41, 5.74) is 3.51. The minimum absolute atomic E-state index is 0.526. The van der Waals surface area contributed by atoms with Crippen LogP contribution >= 0.6 is 0 Å². The highest BCUT2D eigenvalue weighted by Gasteiger charge is 2.08. The van der Waals surface area contributed by atoms with E-state index < -0.39 is 11.9 Å². The highest BCUT2D eigenvalue weighted by Crippen LogP contribution is 2.30. The molecule has 0 aliphatic heterocycles. The van der Waals surface area contributed by atoms with Gasteiger partial charge in [-0.3, -0.25) is 0 Å². The third-order valence-corrected chi connectivity index (χ3v) is 4.33. The number of carboxylic acid groups (broad SMARTS) is 2. The van der Waals surface area contributed by atoms with Crippen molar-refractivity contribution in [2.75, 3.05) is 13.6 Å². The summed E-state index contributed by atoms with van der Waals surface area (Å²) >= 11 is 0. The normalized spacial score (nSPS) is 9.91. The number of ether oxygens (including phenoxy) is 2. The Morgan fingerprint density at radius 2 is 1.22 bits per heavy atom. The first-order chi connectivity index (χ1) is 15.5. The van der Waals surface area contributed by atoms with Gasteiger partial charge in [0.15, 0.2) is 11.5 Å². The van der Waals surface area contributed by atoms with Crippen LogP contribution in [0.15, 0.2) is 78.9 Å². The number of hydrogen-bond donors (Lipinski definition) is 3. The van der Waals surface area contributed by atoms with Crippen molar-refractivity contribution in [3.05, 3.63) is 95.6 Å². The molecule has 0 atom stereocenters. The Bertz CT molecular complexity index is 964. The van der Waals surface area contributed by atoms with Crippen molar-refractivity contribution < 1.29 is 29.3 Å². The topological polar surface area (TPSA) is 105 Å². The predicted octanol–water partition coefficient (Wildman–Crippen LogP) is 3.76. The van der Waals surface area contributed by atoms with Gasteiger partial charge in [0.25, 0.3) is 0 Å². The maximum absolute atomic E-state index is 9.10. The molecule has 32 heavy (non-hydrogen) atoms. The van der Waals surface area contributed by atoms with Gasteiger partial charge in [-0.05, 0) is 48.8 Å². The molecule has 0 heterocycles. The van der Waals surface area contributed by atoms with E-state index in [1.807, 2.05) is 49.5 Å². The second kappa shape index (κ2) is 13.5. The molecular weight excluding hydrogens is 410 g/mol. The minimum atomic E-state index is -1.82. The number of aliphatic carboxylic acids is 2. The summed E-state index contributed by atoms with van der Waals surface area (Å²) < 4.78 is 12.1. The molecule has 0 aliphatic carbocycles. The zero-order chi connectivity index (χ0) is 23.2. The molecule has 7 heteroatoms. The predicted molar refractivity (Wildman–Crippen MR) is 121 cm³/mol. The molecule has 0 bridgehead atoms. The van der Waals surface area contributed by atoms with Gasteiger partial charge in [0.2, 0.25) is 0 Å². The van der Waals surface area contributed by atoms with Crippen LogP contribution in [-0.2, 0) is 29.2 Å². The molecule has 168 valence electrons. The van der Waals surface area contributed by atoms with Crippen LogP contribution in [0.2, 0.25) is 0 Å². The number of benzene rings is 3. The number of nitrogens with one attached hydrogen (secondary N) is 1. The van der Waals surface area contributed by atoms with Crippen LogP contribution in [0, 0.1) is 0 Å². The van der Waals surface area contributed by atoms with Crippen molar-refractivity contribution in [2.45, 2.75) is 19.6 Å². The highest BCUT2D eigenvalue weighted by atomic mass is 16.5. The number of rotatable bonds is 9. The summed E-state index contributed by atoms with van der Waals surface area (Å²) in [6.45, 7) is 1.98. The lowest BCUT2D eigenvalue weighted by molar-refractivity contribution is -0.159. The molecule has 3 aromatic rings. The fourth-order valence-electron chi connectivity index (χ4n) is 2.68. The third-order valence-electron chi connectivity index (χ3n) is 4.33. The van der Waals surface area contributed by atoms with Gasteiger partial charge >= 0.3 is 11.9 Å². The van der Waals surface area contributed by atoms with Crippen molar-refractivity contribution in [3.8, 4) is 11.5 Å². The van der Waals surface area contributed by atoms with Crippen molar-refractivity contribution in [1.82, 2.24) is 5.32 Å². The van der Waals surface area contributed by atoms with E-state index in [9.17, 15) is 0 Å². The van der Waals surface area contributed by atoms with E-state index in [1.54, 1.807) is 0 Å².